The molecule has 0 aliphatic heterocycles. The molecule has 266 valence electrons. The molecule has 8 aromatic carbocycles. The first-order valence-electron chi connectivity index (χ1n) is 19.1. The van der Waals surface area contributed by atoms with Crippen molar-refractivity contribution in [3.05, 3.63) is 188 Å². The van der Waals surface area contributed by atoms with Crippen molar-refractivity contribution in [2.75, 3.05) is 0 Å². The zero-order valence-electron chi connectivity index (χ0n) is 30.5. The summed E-state index contributed by atoms with van der Waals surface area (Å²) in [6.45, 7) is 0. The van der Waals surface area contributed by atoms with E-state index in [1.54, 1.807) is 0 Å². The molecular weight excluding hydrogens is 699 g/mol. The van der Waals surface area contributed by atoms with Gasteiger partial charge in [0, 0.05) is 49.1 Å². The van der Waals surface area contributed by atoms with Gasteiger partial charge in [0.05, 0.1) is 22.1 Å². The molecule has 6 nitrogen and oxygen atoms in total. The average molecular weight is 730 g/mol. The minimum atomic E-state index is 0.548. The highest BCUT2D eigenvalue weighted by molar-refractivity contribution is 6.19. The predicted molar refractivity (Wildman–Crippen MR) is 232 cm³/mol. The summed E-state index contributed by atoms with van der Waals surface area (Å²) in [4.78, 5) is 15.6. The Hall–Kier alpha value is -7.83. The van der Waals surface area contributed by atoms with Crippen LogP contribution >= 0.6 is 0 Å². The third kappa shape index (κ3) is 4.87. The molecule has 12 rings (SSSR count). The van der Waals surface area contributed by atoms with Crippen LogP contribution in [0.4, 0.5) is 0 Å². The van der Waals surface area contributed by atoms with E-state index < -0.39 is 0 Å². The average Bonchev–Trinajstić information content (AvgIpc) is 3.93. The van der Waals surface area contributed by atoms with Gasteiger partial charge < -0.3 is 8.98 Å². The SMILES string of the molecule is c1ccc(-c2nc(-c3ccc4c(c3)oc3cccc(-c5ccccc5)c34)nc(-n3c4ccccc4c4cc5c(cc43)c3ccccc3n5-c3ccccc3)n2)cc1. The van der Waals surface area contributed by atoms with E-state index in [-0.39, 0.29) is 0 Å². The predicted octanol–water partition coefficient (Wildman–Crippen LogP) is 13.0. The normalized spacial score (nSPS) is 11.9. The number of aromatic nitrogens is 5. The van der Waals surface area contributed by atoms with Crippen molar-refractivity contribution in [2.24, 2.45) is 0 Å². The summed E-state index contributed by atoms with van der Waals surface area (Å²) in [5.41, 5.74) is 11.1. The summed E-state index contributed by atoms with van der Waals surface area (Å²) >= 11 is 0. The summed E-state index contributed by atoms with van der Waals surface area (Å²) in [7, 11) is 0. The third-order valence-electron chi connectivity index (χ3n) is 11.2. The van der Waals surface area contributed by atoms with Gasteiger partial charge in [0.2, 0.25) is 5.95 Å². The van der Waals surface area contributed by atoms with Crippen molar-refractivity contribution < 1.29 is 4.42 Å². The molecule has 0 saturated carbocycles. The molecule has 4 heterocycles. The van der Waals surface area contributed by atoms with Crippen LogP contribution in [0.5, 0.6) is 0 Å². The lowest BCUT2D eigenvalue weighted by molar-refractivity contribution is 0.669. The van der Waals surface area contributed by atoms with Gasteiger partial charge >= 0.3 is 0 Å². The fourth-order valence-corrected chi connectivity index (χ4v) is 8.63. The Balaban J connectivity index is 1.11. The van der Waals surface area contributed by atoms with E-state index in [1.807, 2.05) is 42.5 Å². The lowest BCUT2D eigenvalue weighted by Gasteiger charge is -2.11. The van der Waals surface area contributed by atoms with Crippen molar-refractivity contribution in [1.29, 1.82) is 0 Å². The molecule has 0 atom stereocenters. The zero-order valence-corrected chi connectivity index (χ0v) is 30.5. The fraction of sp³-hybridized carbons (Fsp3) is 0. The molecule has 0 fully saturated rings. The number of para-hydroxylation sites is 3. The van der Waals surface area contributed by atoms with Gasteiger partial charge in [-0.2, -0.15) is 9.97 Å². The summed E-state index contributed by atoms with van der Waals surface area (Å²) in [5.74, 6) is 1.71. The van der Waals surface area contributed by atoms with E-state index in [2.05, 4.69) is 155 Å². The molecule has 0 unspecified atom stereocenters. The molecule has 0 aliphatic carbocycles. The zero-order chi connectivity index (χ0) is 37.5. The Morgan fingerprint density at radius 1 is 0.351 bits per heavy atom. The summed E-state index contributed by atoms with van der Waals surface area (Å²) in [5, 5.41) is 6.74. The van der Waals surface area contributed by atoms with Crippen molar-refractivity contribution in [2.45, 2.75) is 0 Å². The monoisotopic (exact) mass is 729 g/mol. The van der Waals surface area contributed by atoms with Crippen molar-refractivity contribution in [1.82, 2.24) is 24.1 Å². The van der Waals surface area contributed by atoms with Crippen LogP contribution in [0.15, 0.2) is 192 Å². The number of rotatable bonds is 5. The second-order valence-electron chi connectivity index (χ2n) is 14.4. The molecule has 0 amide bonds. The van der Waals surface area contributed by atoms with Crippen LogP contribution in [-0.2, 0) is 0 Å². The largest absolute Gasteiger partial charge is 0.456 e. The van der Waals surface area contributed by atoms with Crippen molar-refractivity contribution >= 4 is 65.6 Å². The molecular formula is C51H31N5O. The van der Waals surface area contributed by atoms with Crippen LogP contribution < -0.4 is 0 Å². The van der Waals surface area contributed by atoms with E-state index >= 15 is 0 Å². The van der Waals surface area contributed by atoms with Gasteiger partial charge in [0.25, 0.3) is 0 Å². The lowest BCUT2D eigenvalue weighted by Crippen LogP contribution is -2.06. The molecule has 6 heteroatoms. The summed E-state index contributed by atoms with van der Waals surface area (Å²) in [6.07, 6.45) is 0. The molecule has 0 saturated heterocycles. The first-order valence-corrected chi connectivity index (χ1v) is 19.1. The van der Waals surface area contributed by atoms with E-state index in [4.69, 9.17) is 19.4 Å². The smallest absolute Gasteiger partial charge is 0.238 e. The minimum absolute atomic E-state index is 0.548. The Morgan fingerprint density at radius 2 is 0.930 bits per heavy atom. The maximum Gasteiger partial charge on any atom is 0.238 e. The van der Waals surface area contributed by atoms with Crippen LogP contribution in [0.2, 0.25) is 0 Å². The number of hydrogen-bond donors (Lipinski definition) is 0. The highest BCUT2D eigenvalue weighted by Crippen LogP contribution is 2.41. The number of nitrogens with zero attached hydrogens (tertiary/aromatic N) is 5. The van der Waals surface area contributed by atoms with Crippen LogP contribution in [0, 0.1) is 0 Å². The van der Waals surface area contributed by atoms with Gasteiger partial charge in [0.15, 0.2) is 11.6 Å². The highest BCUT2D eigenvalue weighted by Gasteiger charge is 2.22. The first kappa shape index (κ1) is 31.5. The molecule has 0 aliphatic rings. The standard InChI is InChI=1S/C51H31N5O/c1-4-15-32(16-5-1)36-23-14-26-46-48(36)39-28-27-34(29-47(39)57-46)50-52-49(33-17-6-2-7-18-33)53-51(54-50)56-43-25-13-11-22-38(43)41-30-44-40(31-45(41)56)37-21-10-12-24-42(37)55(44)35-19-8-3-9-20-35/h1-31H. The van der Waals surface area contributed by atoms with E-state index in [0.29, 0.717) is 17.6 Å². The second kappa shape index (κ2) is 12.3. The van der Waals surface area contributed by atoms with E-state index in [1.165, 1.54) is 5.39 Å². The number of hydrogen-bond acceptors (Lipinski definition) is 4. The Morgan fingerprint density at radius 3 is 1.63 bits per heavy atom. The number of furan rings is 1. The van der Waals surface area contributed by atoms with Crippen LogP contribution in [0.25, 0.3) is 111 Å². The van der Waals surface area contributed by atoms with Crippen LogP contribution in [-0.4, -0.2) is 24.1 Å². The molecule has 0 spiro atoms. The number of benzene rings is 8. The summed E-state index contributed by atoms with van der Waals surface area (Å²) < 4.78 is 11.1. The first-order chi connectivity index (χ1) is 28.3. The minimum Gasteiger partial charge on any atom is -0.456 e. The molecule has 57 heavy (non-hydrogen) atoms. The maximum atomic E-state index is 6.54. The number of fused-ring (bicyclic) bond motifs is 9. The Kier molecular flexibility index (Phi) is 6.83. The Labute approximate surface area is 326 Å². The molecule has 4 aromatic heterocycles. The van der Waals surface area contributed by atoms with E-state index in [9.17, 15) is 0 Å². The topological polar surface area (TPSA) is 61.7 Å². The lowest BCUT2D eigenvalue weighted by atomic mass is 9.99. The van der Waals surface area contributed by atoms with Crippen molar-refractivity contribution in [3.8, 4) is 45.5 Å². The van der Waals surface area contributed by atoms with Gasteiger partial charge in [-0.05, 0) is 65.7 Å². The van der Waals surface area contributed by atoms with Gasteiger partial charge in [-0.3, -0.25) is 4.57 Å². The van der Waals surface area contributed by atoms with Crippen molar-refractivity contribution in [3.63, 3.8) is 0 Å². The third-order valence-corrected chi connectivity index (χ3v) is 11.2. The quantitative estimate of drug-likeness (QED) is 0.177. The molecule has 0 N–H and O–H groups in total. The van der Waals surface area contributed by atoms with Gasteiger partial charge in [0.1, 0.15) is 11.2 Å². The fourth-order valence-electron chi connectivity index (χ4n) is 8.63. The highest BCUT2D eigenvalue weighted by atomic mass is 16.3. The van der Waals surface area contributed by atoms with Gasteiger partial charge in [-0.1, -0.05) is 133 Å². The van der Waals surface area contributed by atoms with Crippen LogP contribution in [0.3, 0.4) is 0 Å². The summed E-state index contributed by atoms with van der Waals surface area (Å²) in [6, 6.07) is 65.5. The van der Waals surface area contributed by atoms with Crippen LogP contribution in [0.1, 0.15) is 0 Å². The van der Waals surface area contributed by atoms with Gasteiger partial charge in [-0.15, -0.1) is 0 Å². The molecule has 0 radical (unpaired) electrons. The molecule has 12 aromatic rings. The van der Waals surface area contributed by atoms with E-state index in [0.717, 1.165) is 88.1 Å². The second-order valence-corrected chi connectivity index (χ2v) is 14.4. The molecule has 0 bridgehead atoms. The Bertz CT molecular complexity index is 3510. The van der Waals surface area contributed by atoms with Gasteiger partial charge in [-0.25, -0.2) is 4.98 Å². The maximum absolute atomic E-state index is 6.54.